The van der Waals surface area contributed by atoms with Crippen molar-refractivity contribution in [1.82, 2.24) is 4.98 Å². The molecule has 1 saturated heterocycles. The minimum absolute atomic E-state index is 0.0343. The van der Waals surface area contributed by atoms with Crippen LogP contribution in [-0.2, 0) is 15.0 Å². The summed E-state index contributed by atoms with van der Waals surface area (Å²) in [6, 6.07) is 4.10. The molecule has 1 unspecified atom stereocenters. The number of amides is 1. The minimum Gasteiger partial charge on any atom is -0.288 e. The molecule has 1 atom stereocenters. The fourth-order valence-electron chi connectivity index (χ4n) is 2.36. The van der Waals surface area contributed by atoms with Crippen molar-refractivity contribution < 1.29 is 21.5 Å². The Labute approximate surface area is 123 Å². The van der Waals surface area contributed by atoms with Crippen molar-refractivity contribution in [2.45, 2.75) is 6.42 Å². The summed E-state index contributed by atoms with van der Waals surface area (Å²) >= 11 is 1.14. The van der Waals surface area contributed by atoms with E-state index in [4.69, 9.17) is 0 Å². The first-order valence-corrected chi connectivity index (χ1v) is 8.47. The third-order valence-electron chi connectivity index (χ3n) is 3.21. The fourth-order valence-corrected chi connectivity index (χ4v) is 4.16. The van der Waals surface area contributed by atoms with Gasteiger partial charge in [-0.05, 0) is 18.2 Å². The van der Waals surface area contributed by atoms with Gasteiger partial charge in [-0.2, -0.15) is 8.42 Å². The van der Waals surface area contributed by atoms with E-state index in [-0.39, 0.29) is 18.9 Å². The molecule has 3 rings (SSSR count). The highest BCUT2D eigenvalue weighted by Crippen LogP contribution is 2.33. The zero-order valence-electron chi connectivity index (χ0n) is 10.6. The molecule has 0 radical (unpaired) electrons. The van der Waals surface area contributed by atoms with Gasteiger partial charge in [0, 0.05) is 18.9 Å². The van der Waals surface area contributed by atoms with Gasteiger partial charge in [0.25, 0.3) is 0 Å². The summed E-state index contributed by atoms with van der Waals surface area (Å²) in [5.74, 6) is -1.96. The van der Waals surface area contributed by atoms with Crippen LogP contribution in [0.15, 0.2) is 18.2 Å². The average molecular weight is 332 g/mol. The number of benzene rings is 1. The van der Waals surface area contributed by atoms with Gasteiger partial charge in [0.1, 0.15) is 5.82 Å². The van der Waals surface area contributed by atoms with E-state index in [1.165, 1.54) is 23.1 Å². The van der Waals surface area contributed by atoms with E-state index in [2.05, 4.69) is 4.98 Å². The van der Waals surface area contributed by atoms with Crippen molar-refractivity contribution in [3.8, 4) is 0 Å². The number of hydrogen-bond donors (Lipinski definition) is 0. The summed E-state index contributed by atoms with van der Waals surface area (Å²) in [5.41, 5.74) is 0.561. The molecule has 5 nitrogen and oxygen atoms in total. The van der Waals surface area contributed by atoms with Crippen molar-refractivity contribution in [3.05, 3.63) is 24.0 Å². The first-order valence-electron chi connectivity index (χ1n) is 6.10. The molecule has 112 valence electrons. The Hall–Kier alpha value is -1.61. The van der Waals surface area contributed by atoms with Crippen LogP contribution in [0.3, 0.4) is 0 Å². The number of rotatable bonds is 3. The predicted octanol–water partition coefficient (Wildman–Crippen LogP) is 2.09. The first kappa shape index (κ1) is 14.3. The number of nitrogens with zero attached hydrogens (tertiary/aromatic N) is 2. The molecule has 0 bridgehead atoms. The summed E-state index contributed by atoms with van der Waals surface area (Å²) in [6.45, 7) is 0.101. The molecule has 1 aromatic carbocycles. The number of aromatic nitrogens is 1. The molecule has 9 heteroatoms. The highest BCUT2D eigenvalue weighted by atomic mass is 32.3. The molecule has 1 fully saturated rings. The van der Waals surface area contributed by atoms with Crippen LogP contribution < -0.4 is 4.90 Å². The van der Waals surface area contributed by atoms with Gasteiger partial charge < -0.3 is 0 Å². The second kappa shape index (κ2) is 4.99. The van der Waals surface area contributed by atoms with Crippen LogP contribution in [-0.4, -0.2) is 31.6 Å². The van der Waals surface area contributed by atoms with Gasteiger partial charge in [-0.1, -0.05) is 11.3 Å². The molecule has 2 aromatic rings. The largest absolute Gasteiger partial charge is 0.302 e. The maximum Gasteiger partial charge on any atom is 0.302 e. The van der Waals surface area contributed by atoms with Gasteiger partial charge in [0.2, 0.25) is 5.91 Å². The Morgan fingerprint density at radius 3 is 2.90 bits per heavy atom. The van der Waals surface area contributed by atoms with Crippen molar-refractivity contribution in [1.29, 1.82) is 0 Å². The van der Waals surface area contributed by atoms with Gasteiger partial charge in [0.05, 0.1) is 16.0 Å². The number of anilines is 1. The molecule has 1 amide bonds. The van der Waals surface area contributed by atoms with Gasteiger partial charge in [0.15, 0.2) is 5.13 Å². The van der Waals surface area contributed by atoms with Crippen molar-refractivity contribution >= 4 is 42.8 Å². The molecule has 21 heavy (non-hydrogen) atoms. The Bertz CT molecular complexity index is 819. The third-order valence-corrected chi connectivity index (χ3v) is 5.12. The lowest BCUT2D eigenvalue weighted by atomic mass is 10.1. The standard InChI is InChI=1S/C12H10F2N2O3S2/c13-8-1-2-9-10(4-8)20-12(15-9)16-5-7(3-11(16)17)6-21(14,18)19/h1-2,4,7H,3,5-6H2. The number of halogens is 2. The van der Waals surface area contributed by atoms with E-state index in [1.54, 1.807) is 0 Å². The molecule has 0 saturated carbocycles. The second-order valence-corrected chi connectivity index (χ2v) is 7.31. The van der Waals surface area contributed by atoms with Crippen LogP contribution in [0.5, 0.6) is 0 Å². The second-order valence-electron chi connectivity index (χ2n) is 4.89. The Morgan fingerprint density at radius 1 is 1.43 bits per heavy atom. The van der Waals surface area contributed by atoms with Crippen molar-refractivity contribution in [2.75, 3.05) is 17.2 Å². The summed E-state index contributed by atoms with van der Waals surface area (Å²) in [4.78, 5) is 17.5. The lowest BCUT2D eigenvalue weighted by Gasteiger charge is -2.11. The summed E-state index contributed by atoms with van der Waals surface area (Å²) < 4.78 is 47.8. The normalized spacial score (nSPS) is 19.6. The number of thiazole rings is 1. The highest BCUT2D eigenvalue weighted by molar-refractivity contribution is 7.86. The number of fused-ring (bicyclic) bond motifs is 1. The highest BCUT2D eigenvalue weighted by Gasteiger charge is 2.35. The minimum atomic E-state index is -4.61. The zero-order chi connectivity index (χ0) is 15.2. The molecule has 0 N–H and O–H groups in total. The van der Waals surface area contributed by atoms with Gasteiger partial charge in [-0.25, -0.2) is 9.37 Å². The fraction of sp³-hybridized carbons (Fsp3) is 0.333. The quantitative estimate of drug-likeness (QED) is 0.807. The third kappa shape index (κ3) is 3.03. The Morgan fingerprint density at radius 2 is 2.19 bits per heavy atom. The molecule has 1 aromatic heterocycles. The topological polar surface area (TPSA) is 67.3 Å². The van der Waals surface area contributed by atoms with E-state index >= 15 is 0 Å². The lowest BCUT2D eigenvalue weighted by Crippen LogP contribution is -2.25. The van der Waals surface area contributed by atoms with E-state index in [9.17, 15) is 21.5 Å². The number of carbonyl (C=O) groups excluding carboxylic acids is 1. The van der Waals surface area contributed by atoms with E-state index in [0.717, 1.165) is 11.3 Å². The summed E-state index contributed by atoms with van der Waals surface area (Å²) in [7, 11) is -4.61. The Balaban J connectivity index is 1.87. The van der Waals surface area contributed by atoms with E-state index in [1.807, 2.05) is 0 Å². The molecular formula is C12H10F2N2O3S2. The van der Waals surface area contributed by atoms with Crippen LogP contribution in [0.4, 0.5) is 13.4 Å². The van der Waals surface area contributed by atoms with Crippen LogP contribution >= 0.6 is 11.3 Å². The number of carbonyl (C=O) groups is 1. The van der Waals surface area contributed by atoms with Crippen LogP contribution in [0, 0.1) is 11.7 Å². The van der Waals surface area contributed by atoms with Crippen LogP contribution in [0.1, 0.15) is 6.42 Å². The lowest BCUT2D eigenvalue weighted by molar-refractivity contribution is -0.117. The maximum absolute atomic E-state index is 13.1. The maximum atomic E-state index is 13.1. The summed E-state index contributed by atoms with van der Waals surface area (Å²) in [5, 5.41) is 0.374. The van der Waals surface area contributed by atoms with Gasteiger partial charge in [-0.3, -0.25) is 9.69 Å². The summed E-state index contributed by atoms with van der Waals surface area (Å²) in [6.07, 6.45) is -0.0343. The smallest absolute Gasteiger partial charge is 0.288 e. The van der Waals surface area contributed by atoms with Crippen molar-refractivity contribution in [2.24, 2.45) is 5.92 Å². The van der Waals surface area contributed by atoms with Crippen molar-refractivity contribution in [3.63, 3.8) is 0 Å². The van der Waals surface area contributed by atoms with Gasteiger partial charge in [-0.15, -0.1) is 3.89 Å². The number of hydrogen-bond acceptors (Lipinski definition) is 5. The zero-order valence-corrected chi connectivity index (χ0v) is 12.3. The van der Waals surface area contributed by atoms with Crippen LogP contribution in [0.25, 0.3) is 10.2 Å². The average Bonchev–Trinajstić information content (AvgIpc) is 2.89. The molecular weight excluding hydrogens is 322 g/mol. The predicted molar refractivity (Wildman–Crippen MR) is 74.9 cm³/mol. The van der Waals surface area contributed by atoms with Gasteiger partial charge >= 0.3 is 10.2 Å². The molecule has 2 heterocycles. The molecule has 1 aliphatic heterocycles. The monoisotopic (exact) mass is 332 g/mol. The molecule has 0 spiro atoms. The SMILES string of the molecule is O=C1CC(CS(=O)(=O)F)CN1c1nc2ccc(F)cc2s1. The Kier molecular flexibility index (Phi) is 3.40. The van der Waals surface area contributed by atoms with Crippen LogP contribution in [0.2, 0.25) is 0 Å². The van der Waals surface area contributed by atoms with E-state index in [0.29, 0.717) is 15.3 Å². The molecule has 0 aliphatic carbocycles. The molecule has 1 aliphatic rings. The first-order chi connectivity index (χ1) is 9.82. The van der Waals surface area contributed by atoms with E-state index < -0.39 is 27.7 Å².